The van der Waals surface area contributed by atoms with E-state index in [1.165, 1.54) is 4.90 Å². The van der Waals surface area contributed by atoms with E-state index in [2.05, 4.69) is 5.32 Å². The van der Waals surface area contributed by atoms with Gasteiger partial charge in [0.2, 0.25) is 0 Å². The molecule has 2 aromatic rings. The average molecular weight is 431 g/mol. The van der Waals surface area contributed by atoms with Crippen molar-refractivity contribution in [1.82, 2.24) is 5.32 Å². The van der Waals surface area contributed by atoms with Gasteiger partial charge in [0.1, 0.15) is 5.60 Å². The predicted molar refractivity (Wildman–Crippen MR) is 117 cm³/mol. The fourth-order valence-corrected chi connectivity index (χ4v) is 3.94. The molecule has 0 bridgehead atoms. The van der Waals surface area contributed by atoms with Gasteiger partial charge in [-0.3, -0.25) is 4.90 Å². The van der Waals surface area contributed by atoms with E-state index < -0.39 is 29.2 Å². The predicted octanol–water partition coefficient (Wildman–Crippen LogP) is 4.81. The third-order valence-corrected chi connectivity index (χ3v) is 5.48. The summed E-state index contributed by atoms with van der Waals surface area (Å²) in [5, 5.41) is 14.2. The number of hydrogen-bond acceptors (Lipinski definition) is 4. The van der Waals surface area contributed by atoms with Crippen molar-refractivity contribution in [2.75, 3.05) is 11.4 Å². The monoisotopic (exact) mass is 430 g/mol. The molecule has 2 N–H and O–H groups in total. The van der Waals surface area contributed by atoms with Crippen LogP contribution in [0.2, 0.25) is 5.02 Å². The normalized spacial score (nSPS) is 18.1. The summed E-state index contributed by atoms with van der Waals surface area (Å²) in [5.74, 6) is -1.14. The maximum atomic E-state index is 13.3. The van der Waals surface area contributed by atoms with Gasteiger partial charge in [0.05, 0.1) is 6.04 Å². The smallest absolute Gasteiger partial charge is 0.415 e. The Hall–Kier alpha value is -2.57. The van der Waals surface area contributed by atoms with E-state index in [-0.39, 0.29) is 0 Å². The summed E-state index contributed by atoms with van der Waals surface area (Å²) in [6.07, 6.45) is 0.0510. The van der Waals surface area contributed by atoms with Crippen LogP contribution < -0.4 is 10.2 Å². The Balaban J connectivity index is 2.18. The fraction of sp³-hybridized carbons (Fsp3) is 0.391. The Morgan fingerprint density at radius 2 is 1.73 bits per heavy atom. The minimum absolute atomic E-state index is 0.392. The van der Waals surface area contributed by atoms with Crippen molar-refractivity contribution < 1.29 is 19.4 Å². The Morgan fingerprint density at radius 3 is 2.33 bits per heavy atom. The first kappa shape index (κ1) is 22.1. The molecule has 3 rings (SSSR count). The molecule has 0 saturated carbocycles. The topological polar surface area (TPSA) is 78.9 Å². The number of rotatable bonds is 4. The number of amides is 1. The van der Waals surface area contributed by atoms with E-state index in [0.717, 1.165) is 17.5 Å². The molecule has 30 heavy (non-hydrogen) atoms. The van der Waals surface area contributed by atoms with E-state index >= 15 is 0 Å². The number of halogens is 1. The van der Waals surface area contributed by atoms with Crippen molar-refractivity contribution in [3.8, 4) is 0 Å². The summed E-state index contributed by atoms with van der Waals surface area (Å²) in [6.45, 7) is 7.40. The quantitative estimate of drug-likeness (QED) is 0.727. The number of carboxylic acids is 1. The second kappa shape index (κ2) is 8.28. The van der Waals surface area contributed by atoms with Crippen LogP contribution in [0.5, 0.6) is 0 Å². The first-order valence-electron chi connectivity index (χ1n) is 9.87. The maximum absolute atomic E-state index is 13.3. The minimum atomic E-state index is -1.66. The van der Waals surface area contributed by atoms with Crippen molar-refractivity contribution in [3.63, 3.8) is 0 Å². The second-order valence-electron chi connectivity index (χ2n) is 8.58. The molecule has 0 aromatic heterocycles. The fourth-order valence-electron chi connectivity index (χ4n) is 3.82. The van der Waals surface area contributed by atoms with Crippen LogP contribution in [0.1, 0.15) is 44.9 Å². The van der Waals surface area contributed by atoms with Crippen molar-refractivity contribution >= 4 is 29.4 Å². The standard InChI is InChI=1S/C23H27ClN2O4/c1-22(2,3)30-21(29)26(17-11-9-16(24)10-12-17)23(4,20(27)28)19-18-8-6-5-7-15(18)13-14-25-19/h5-12,19,25H,13-14H2,1-4H3,(H,27,28)/t19-,23-/m1/s1. The lowest BCUT2D eigenvalue weighted by atomic mass is 9.80. The van der Waals surface area contributed by atoms with Crippen LogP contribution in [0.4, 0.5) is 10.5 Å². The number of carbonyl (C=O) groups is 2. The summed E-state index contributed by atoms with van der Waals surface area (Å²) >= 11 is 6.03. The summed E-state index contributed by atoms with van der Waals surface area (Å²) in [6, 6.07) is 13.6. The molecule has 2 aromatic carbocycles. The van der Waals surface area contributed by atoms with Crippen molar-refractivity contribution in [3.05, 3.63) is 64.7 Å². The second-order valence-corrected chi connectivity index (χ2v) is 9.02. The van der Waals surface area contributed by atoms with Gasteiger partial charge in [0, 0.05) is 10.7 Å². The number of hydrogen-bond donors (Lipinski definition) is 2. The molecule has 0 radical (unpaired) electrons. The highest BCUT2D eigenvalue weighted by Gasteiger charge is 2.52. The highest BCUT2D eigenvalue weighted by Crippen LogP contribution is 2.39. The molecule has 0 aliphatic carbocycles. The van der Waals surface area contributed by atoms with Crippen molar-refractivity contribution in [2.24, 2.45) is 0 Å². The molecule has 1 aliphatic heterocycles. The van der Waals surface area contributed by atoms with Gasteiger partial charge in [-0.05, 0) is 76.1 Å². The highest BCUT2D eigenvalue weighted by molar-refractivity contribution is 6.30. The van der Waals surface area contributed by atoms with Gasteiger partial charge in [-0.15, -0.1) is 0 Å². The number of anilines is 1. The molecular formula is C23H27ClN2O4. The van der Waals surface area contributed by atoms with Crippen LogP contribution in [0, 0.1) is 0 Å². The highest BCUT2D eigenvalue weighted by atomic mass is 35.5. The first-order chi connectivity index (χ1) is 14.0. The van der Waals surface area contributed by atoms with Gasteiger partial charge in [-0.2, -0.15) is 0 Å². The zero-order valence-corrected chi connectivity index (χ0v) is 18.4. The molecule has 0 unspecified atom stereocenters. The molecule has 160 valence electrons. The van der Waals surface area contributed by atoms with Gasteiger partial charge in [0.25, 0.3) is 0 Å². The summed E-state index contributed by atoms with van der Waals surface area (Å²) in [5.41, 5.74) is -0.139. The molecule has 1 heterocycles. The number of carboxylic acid groups (broad SMARTS) is 1. The lowest BCUT2D eigenvalue weighted by molar-refractivity contribution is -0.144. The van der Waals surface area contributed by atoms with Gasteiger partial charge in [-0.1, -0.05) is 35.9 Å². The number of aliphatic carboxylic acids is 1. The molecule has 7 heteroatoms. The lowest BCUT2D eigenvalue weighted by Crippen LogP contribution is -2.63. The molecule has 0 fully saturated rings. The number of fused-ring (bicyclic) bond motifs is 1. The molecular weight excluding hydrogens is 404 g/mol. The van der Waals surface area contributed by atoms with Crippen LogP contribution in [0.3, 0.4) is 0 Å². The zero-order chi connectivity index (χ0) is 22.1. The number of nitrogens with zero attached hydrogens (tertiary/aromatic N) is 1. The van der Waals surface area contributed by atoms with E-state index in [9.17, 15) is 14.7 Å². The Kier molecular flexibility index (Phi) is 6.11. The van der Waals surface area contributed by atoms with E-state index in [1.807, 2.05) is 24.3 Å². The Morgan fingerprint density at radius 1 is 1.10 bits per heavy atom. The van der Waals surface area contributed by atoms with Crippen LogP contribution in [0.15, 0.2) is 48.5 Å². The molecule has 2 atom stereocenters. The Labute approximate surface area is 181 Å². The molecule has 6 nitrogen and oxygen atoms in total. The zero-order valence-electron chi connectivity index (χ0n) is 17.6. The third-order valence-electron chi connectivity index (χ3n) is 5.23. The van der Waals surface area contributed by atoms with Crippen LogP contribution in [0.25, 0.3) is 0 Å². The third kappa shape index (κ3) is 4.30. The van der Waals surface area contributed by atoms with Gasteiger partial charge < -0.3 is 15.2 Å². The summed E-state index contributed by atoms with van der Waals surface area (Å²) in [4.78, 5) is 27.3. The molecule has 1 amide bonds. The number of benzene rings is 2. The number of carbonyl (C=O) groups excluding carboxylic acids is 1. The van der Waals surface area contributed by atoms with Gasteiger partial charge >= 0.3 is 12.1 Å². The van der Waals surface area contributed by atoms with Crippen LogP contribution >= 0.6 is 11.6 Å². The SMILES string of the molecule is CC(C)(C)OC(=O)N(c1ccc(Cl)cc1)[C@@](C)(C(=O)O)[C@@H]1NCCc2ccccc21. The van der Waals surface area contributed by atoms with Crippen molar-refractivity contribution in [2.45, 2.75) is 51.3 Å². The molecule has 0 saturated heterocycles. The lowest BCUT2D eigenvalue weighted by Gasteiger charge is -2.45. The van der Waals surface area contributed by atoms with E-state index in [1.54, 1.807) is 52.0 Å². The maximum Gasteiger partial charge on any atom is 0.415 e. The summed E-state index contributed by atoms with van der Waals surface area (Å²) < 4.78 is 5.62. The van der Waals surface area contributed by atoms with Gasteiger partial charge in [0.15, 0.2) is 5.54 Å². The van der Waals surface area contributed by atoms with Crippen molar-refractivity contribution in [1.29, 1.82) is 0 Å². The van der Waals surface area contributed by atoms with Crippen LogP contribution in [-0.2, 0) is 16.0 Å². The summed E-state index contributed by atoms with van der Waals surface area (Å²) in [7, 11) is 0. The first-order valence-corrected chi connectivity index (χ1v) is 10.2. The molecule has 0 spiro atoms. The largest absolute Gasteiger partial charge is 0.479 e. The van der Waals surface area contributed by atoms with E-state index in [4.69, 9.17) is 16.3 Å². The average Bonchev–Trinajstić information content (AvgIpc) is 2.67. The Bertz CT molecular complexity index is 939. The number of nitrogens with one attached hydrogen (secondary N) is 1. The van der Waals surface area contributed by atoms with E-state index in [0.29, 0.717) is 17.3 Å². The molecule has 1 aliphatic rings. The van der Waals surface area contributed by atoms with Gasteiger partial charge in [-0.25, -0.2) is 9.59 Å². The van der Waals surface area contributed by atoms with Crippen LogP contribution in [-0.4, -0.2) is 34.9 Å². The number of ether oxygens (including phenoxy) is 1. The minimum Gasteiger partial charge on any atom is -0.479 e.